The molecular formula is C18H14N2O4S3. The van der Waals surface area contributed by atoms with Gasteiger partial charge < -0.3 is 10.4 Å². The van der Waals surface area contributed by atoms with Crippen LogP contribution in [-0.2, 0) is 9.59 Å². The van der Waals surface area contributed by atoms with Crippen LogP contribution in [0.2, 0.25) is 0 Å². The molecule has 0 aliphatic carbocycles. The summed E-state index contributed by atoms with van der Waals surface area (Å²) in [7, 11) is 0. The van der Waals surface area contributed by atoms with Crippen LogP contribution in [0.3, 0.4) is 0 Å². The van der Waals surface area contributed by atoms with Gasteiger partial charge in [-0.3, -0.25) is 14.5 Å². The Morgan fingerprint density at radius 1 is 1.30 bits per heavy atom. The first-order valence-corrected chi connectivity index (χ1v) is 9.92. The topological polar surface area (TPSA) is 86.7 Å². The second kappa shape index (κ2) is 8.03. The maximum atomic E-state index is 12.7. The molecule has 9 heteroatoms. The van der Waals surface area contributed by atoms with E-state index in [0.29, 0.717) is 14.9 Å². The van der Waals surface area contributed by atoms with Crippen LogP contribution >= 0.6 is 35.3 Å². The van der Waals surface area contributed by atoms with Crippen molar-refractivity contribution in [2.24, 2.45) is 0 Å². The van der Waals surface area contributed by atoms with Crippen molar-refractivity contribution in [3.63, 3.8) is 0 Å². The fourth-order valence-corrected chi connectivity index (χ4v) is 4.55. The number of hydrogen-bond acceptors (Lipinski definition) is 6. The first kappa shape index (κ1) is 19.3. The van der Waals surface area contributed by atoms with Gasteiger partial charge in [0.15, 0.2) is 0 Å². The summed E-state index contributed by atoms with van der Waals surface area (Å²) in [6.45, 7) is 1.58. The van der Waals surface area contributed by atoms with E-state index in [1.165, 1.54) is 34.4 Å². The number of hydrogen-bond donors (Lipinski definition) is 2. The summed E-state index contributed by atoms with van der Waals surface area (Å²) in [5, 5.41) is 13.6. The number of carbonyl (C=O) groups is 3. The molecule has 1 saturated heterocycles. The number of nitrogens with zero attached hydrogens (tertiary/aromatic N) is 1. The molecule has 1 fully saturated rings. The Morgan fingerprint density at radius 2 is 2.07 bits per heavy atom. The van der Waals surface area contributed by atoms with E-state index in [1.54, 1.807) is 19.1 Å². The molecule has 2 aromatic rings. The van der Waals surface area contributed by atoms with E-state index in [4.69, 9.17) is 17.3 Å². The molecule has 2 N–H and O–H groups in total. The number of thiocarbonyl (C=S) groups is 1. The Morgan fingerprint density at radius 3 is 2.74 bits per heavy atom. The number of benzene rings is 1. The van der Waals surface area contributed by atoms with Crippen molar-refractivity contribution in [1.82, 2.24) is 4.90 Å². The number of thiophene rings is 1. The van der Waals surface area contributed by atoms with Gasteiger partial charge >= 0.3 is 5.97 Å². The third-order valence-corrected chi connectivity index (χ3v) is 5.93. The predicted octanol–water partition coefficient (Wildman–Crippen LogP) is 3.67. The quantitative estimate of drug-likeness (QED) is 0.569. The van der Waals surface area contributed by atoms with Gasteiger partial charge in [0.1, 0.15) is 10.4 Å². The molecule has 0 radical (unpaired) electrons. The zero-order chi connectivity index (χ0) is 19.6. The molecule has 2 heterocycles. The van der Waals surface area contributed by atoms with Gasteiger partial charge in [0.25, 0.3) is 5.91 Å². The van der Waals surface area contributed by atoms with Gasteiger partial charge in [0.05, 0.1) is 10.5 Å². The molecule has 1 unspecified atom stereocenters. The van der Waals surface area contributed by atoms with Crippen molar-refractivity contribution in [2.45, 2.75) is 13.0 Å². The summed E-state index contributed by atoms with van der Waals surface area (Å²) in [6, 6.07) is 8.85. The Labute approximate surface area is 168 Å². The molecule has 6 nitrogen and oxygen atoms in total. The van der Waals surface area contributed by atoms with Crippen molar-refractivity contribution in [3.05, 3.63) is 57.1 Å². The number of carboxylic acid groups (broad SMARTS) is 1. The average molecular weight is 419 g/mol. The van der Waals surface area contributed by atoms with E-state index in [2.05, 4.69) is 5.32 Å². The maximum Gasteiger partial charge on any atom is 0.335 e. The maximum absolute atomic E-state index is 12.7. The van der Waals surface area contributed by atoms with Gasteiger partial charge in [-0.1, -0.05) is 36.1 Å². The lowest BCUT2D eigenvalue weighted by atomic mass is 10.2. The molecule has 0 bridgehead atoms. The molecule has 1 aliphatic rings. The normalized spacial score (nSPS) is 16.6. The molecular weight excluding hydrogens is 404 g/mol. The molecule has 0 spiro atoms. The van der Waals surface area contributed by atoms with Crippen LogP contribution in [0.25, 0.3) is 6.08 Å². The van der Waals surface area contributed by atoms with Crippen molar-refractivity contribution in [1.29, 1.82) is 0 Å². The molecule has 138 valence electrons. The summed E-state index contributed by atoms with van der Waals surface area (Å²) in [4.78, 5) is 39.0. The highest BCUT2D eigenvalue weighted by atomic mass is 32.2. The van der Waals surface area contributed by atoms with Crippen LogP contribution in [0.5, 0.6) is 0 Å². The molecule has 1 atom stereocenters. The monoisotopic (exact) mass is 418 g/mol. The zero-order valence-electron chi connectivity index (χ0n) is 14.0. The minimum atomic E-state index is -1.09. The predicted molar refractivity (Wildman–Crippen MR) is 111 cm³/mol. The lowest BCUT2D eigenvalue weighted by Crippen LogP contribution is -2.44. The van der Waals surface area contributed by atoms with Crippen LogP contribution in [0.1, 0.15) is 22.2 Å². The molecule has 1 aliphatic heterocycles. The number of carboxylic acids is 1. The highest BCUT2D eigenvalue weighted by Crippen LogP contribution is 2.34. The van der Waals surface area contributed by atoms with E-state index in [-0.39, 0.29) is 11.5 Å². The highest BCUT2D eigenvalue weighted by molar-refractivity contribution is 8.26. The third kappa shape index (κ3) is 4.26. The number of carbonyl (C=O) groups excluding carboxylic acids is 2. The standard InChI is InChI=1S/C18H14N2O4S3/c1-10(15(21)19-12-5-2-4-11(8-12)17(23)24)20-16(22)14(27-18(20)25)9-13-6-3-7-26-13/h2-10H,1H3,(H,19,21)(H,23,24)/b14-9+. The van der Waals surface area contributed by atoms with E-state index >= 15 is 0 Å². The van der Waals surface area contributed by atoms with Gasteiger partial charge in [-0.15, -0.1) is 11.3 Å². The van der Waals surface area contributed by atoms with Gasteiger partial charge in [-0.2, -0.15) is 0 Å². The number of nitrogens with one attached hydrogen (secondary N) is 1. The number of aromatic carboxylic acids is 1. The summed E-state index contributed by atoms with van der Waals surface area (Å²) in [5.74, 6) is -1.86. The minimum Gasteiger partial charge on any atom is -0.478 e. The Hall–Kier alpha value is -2.49. The van der Waals surface area contributed by atoms with Gasteiger partial charge in [-0.25, -0.2) is 4.79 Å². The summed E-state index contributed by atoms with van der Waals surface area (Å²) in [5.41, 5.74) is 0.399. The Balaban J connectivity index is 1.75. The molecule has 1 aromatic heterocycles. The van der Waals surface area contributed by atoms with Gasteiger partial charge in [0, 0.05) is 10.6 Å². The Kier molecular flexibility index (Phi) is 5.73. The lowest BCUT2D eigenvalue weighted by molar-refractivity contribution is -0.129. The molecule has 0 saturated carbocycles. The largest absolute Gasteiger partial charge is 0.478 e. The minimum absolute atomic E-state index is 0.0601. The SMILES string of the molecule is CC(C(=O)Nc1cccc(C(=O)O)c1)N1C(=O)/C(=C\c2cccs2)SC1=S. The van der Waals surface area contributed by atoms with E-state index in [1.807, 2.05) is 17.5 Å². The summed E-state index contributed by atoms with van der Waals surface area (Å²) >= 11 is 7.94. The summed E-state index contributed by atoms with van der Waals surface area (Å²) in [6.07, 6.45) is 1.75. The van der Waals surface area contributed by atoms with Crippen molar-refractivity contribution in [3.8, 4) is 0 Å². The van der Waals surface area contributed by atoms with Crippen molar-refractivity contribution in [2.75, 3.05) is 5.32 Å². The van der Waals surface area contributed by atoms with Crippen LogP contribution < -0.4 is 5.32 Å². The van der Waals surface area contributed by atoms with Crippen LogP contribution in [0, 0.1) is 0 Å². The second-order valence-corrected chi connectivity index (χ2v) is 8.27. The lowest BCUT2D eigenvalue weighted by Gasteiger charge is -2.22. The first-order chi connectivity index (χ1) is 12.9. The van der Waals surface area contributed by atoms with Crippen LogP contribution in [-0.4, -0.2) is 38.2 Å². The highest BCUT2D eigenvalue weighted by Gasteiger charge is 2.38. The first-order valence-electron chi connectivity index (χ1n) is 7.81. The van der Waals surface area contributed by atoms with E-state index in [0.717, 1.165) is 16.6 Å². The molecule has 27 heavy (non-hydrogen) atoms. The molecule has 2 amide bonds. The number of anilines is 1. The van der Waals surface area contributed by atoms with Gasteiger partial charge in [-0.05, 0) is 42.6 Å². The Bertz CT molecular complexity index is 953. The summed E-state index contributed by atoms with van der Waals surface area (Å²) < 4.78 is 0.310. The van der Waals surface area contributed by atoms with E-state index in [9.17, 15) is 14.4 Å². The fraction of sp³-hybridized carbons (Fsp3) is 0.111. The molecule has 3 rings (SSSR count). The zero-order valence-corrected chi connectivity index (χ0v) is 16.5. The second-order valence-electron chi connectivity index (χ2n) is 5.62. The molecule has 1 aromatic carbocycles. The van der Waals surface area contributed by atoms with Crippen molar-refractivity contribution >= 4 is 69.2 Å². The van der Waals surface area contributed by atoms with Crippen molar-refractivity contribution < 1.29 is 19.5 Å². The van der Waals surface area contributed by atoms with Gasteiger partial charge in [0.2, 0.25) is 5.91 Å². The smallest absolute Gasteiger partial charge is 0.335 e. The fourth-order valence-electron chi connectivity index (χ4n) is 2.41. The number of amides is 2. The average Bonchev–Trinajstić information content (AvgIpc) is 3.23. The third-order valence-electron chi connectivity index (χ3n) is 3.78. The van der Waals surface area contributed by atoms with Crippen LogP contribution in [0.15, 0.2) is 46.7 Å². The number of thioether (sulfide) groups is 1. The number of rotatable bonds is 5. The van der Waals surface area contributed by atoms with Crippen LogP contribution in [0.4, 0.5) is 5.69 Å². The van der Waals surface area contributed by atoms with E-state index < -0.39 is 17.9 Å².